The predicted octanol–water partition coefficient (Wildman–Crippen LogP) is 3.87. The number of nitrogens with zero attached hydrogens (tertiary/aromatic N) is 4. The van der Waals surface area contributed by atoms with E-state index < -0.39 is 0 Å². The number of benzene rings is 1. The number of hydrogen-bond acceptors (Lipinski definition) is 5. The van der Waals surface area contributed by atoms with Crippen LogP contribution < -0.4 is 15.5 Å². The number of thiazole rings is 1. The minimum Gasteiger partial charge on any atom is -0.356 e. The Hall–Kier alpha value is -1.46. The van der Waals surface area contributed by atoms with Crippen LogP contribution in [0.15, 0.2) is 34.6 Å². The van der Waals surface area contributed by atoms with E-state index in [9.17, 15) is 4.39 Å². The molecule has 1 aromatic heterocycles. The van der Waals surface area contributed by atoms with Crippen molar-refractivity contribution in [3.05, 3.63) is 46.7 Å². The summed E-state index contributed by atoms with van der Waals surface area (Å²) in [6, 6.07) is 7.26. The zero-order valence-electron chi connectivity index (χ0n) is 18.7. The normalized spacial score (nSPS) is 17.9. The van der Waals surface area contributed by atoms with Crippen LogP contribution >= 0.6 is 35.3 Å². The highest BCUT2D eigenvalue weighted by atomic mass is 127. The quantitative estimate of drug-likeness (QED) is 0.300. The summed E-state index contributed by atoms with van der Waals surface area (Å²) in [6.07, 6.45) is 5.62. The highest BCUT2D eigenvalue weighted by Crippen LogP contribution is 2.24. The van der Waals surface area contributed by atoms with Gasteiger partial charge in [-0.25, -0.2) is 9.37 Å². The molecule has 2 aliphatic heterocycles. The first-order valence-corrected chi connectivity index (χ1v) is 12.2. The van der Waals surface area contributed by atoms with Gasteiger partial charge in [0.25, 0.3) is 0 Å². The Labute approximate surface area is 211 Å². The van der Waals surface area contributed by atoms with Crippen molar-refractivity contribution < 1.29 is 4.39 Å². The van der Waals surface area contributed by atoms with E-state index in [2.05, 4.69) is 30.8 Å². The molecule has 2 aliphatic rings. The third kappa shape index (κ3) is 7.28. The summed E-state index contributed by atoms with van der Waals surface area (Å²) < 4.78 is 13.1. The molecule has 32 heavy (non-hydrogen) atoms. The minimum atomic E-state index is -0.174. The van der Waals surface area contributed by atoms with E-state index in [0.717, 1.165) is 70.2 Å². The molecule has 0 amide bonds. The molecular formula is C23H34FIN6S. The summed E-state index contributed by atoms with van der Waals surface area (Å²) in [5.74, 6) is 0.694. The molecule has 4 rings (SSSR count). The molecule has 2 fully saturated rings. The molecule has 0 bridgehead atoms. The summed E-state index contributed by atoms with van der Waals surface area (Å²) in [7, 11) is 1.83. The molecule has 0 unspecified atom stereocenters. The molecule has 0 spiro atoms. The lowest BCUT2D eigenvalue weighted by Crippen LogP contribution is -2.48. The largest absolute Gasteiger partial charge is 0.356 e. The fourth-order valence-corrected chi connectivity index (χ4v) is 5.16. The van der Waals surface area contributed by atoms with E-state index in [1.165, 1.54) is 35.7 Å². The molecule has 2 aromatic rings. The Morgan fingerprint density at radius 1 is 1.16 bits per heavy atom. The second-order valence-electron chi connectivity index (χ2n) is 8.39. The third-order valence-electron chi connectivity index (χ3n) is 6.06. The number of halogens is 2. The first-order chi connectivity index (χ1) is 15.2. The van der Waals surface area contributed by atoms with Crippen molar-refractivity contribution in [3.63, 3.8) is 0 Å². The van der Waals surface area contributed by atoms with Gasteiger partial charge in [0.2, 0.25) is 0 Å². The zero-order valence-corrected chi connectivity index (χ0v) is 21.9. The highest BCUT2D eigenvalue weighted by Gasteiger charge is 2.20. The van der Waals surface area contributed by atoms with Crippen molar-refractivity contribution >= 4 is 46.4 Å². The van der Waals surface area contributed by atoms with E-state index in [4.69, 9.17) is 4.98 Å². The Balaban J connectivity index is 0.00000289. The lowest BCUT2D eigenvalue weighted by Gasteiger charge is -2.33. The SMILES string of the molecule is CN=C(NCCc1csc(N2CCCC2)n1)NC1CCN(Cc2ccc(F)cc2)CC1.I. The van der Waals surface area contributed by atoms with Crippen LogP contribution in [0.2, 0.25) is 0 Å². The van der Waals surface area contributed by atoms with Crippen molar-refractivity contribution in [2.75, 3.05) is 44.7 Å². The van der Waals surface area contributed by atoms with Crippen LogP contribution in [0.1, 0.15) is 36.9 Å². The lowest BCUT2D eigenvalue weighted by atomic mass is 10.0. The van der Waals surface area contributed by atoms with Crippen molar-refractivity contribution in [2.45, 2.75) is 44.7 Å². The molecule has 6 nitrogen and oxygen atoms in total. The number of hydrogen-bond donors (Lipinski definition) is 2. The number of likely N-dealkylation sites (tertiary alicyclic amines) is 1. The van der Waals surface area contributed by atoms with Crippen LogP contribution in [0.25, 0.3) is 0 Å². The molecule has 2 saturated heterocycles. The monoisotopic (exact) mass is 572 g/mol. The van der Waals surface area contributed by atoms with Gasteiger partial charge in [-0.1, -0.05) is 12.1 Å². The summed E-state index contributed by atoms with van der Waals surface area (Å²) in [5, 5.41) is 10.4. The highest BCUT2D eigenvalue weighted by molar-refractivity contribution is 14.0. The number of anilines is 1. The van der Waals surface area contributed by atoms with Crippen molar-refractivity contribution in [1.29, 1.82) is 0 Å². The van der Waals surface area contributed by atoms with Crippen LogP contribution in [0.3, 0.4) is 0 Å². The van der Waals surface area contributed by atoms with Crippen LogP contribution in [0.4, 0.5) is 9.52 Å². The third-order valence-corrected chi connectivity index (χ3v) is 7.01. The van der Waals surface area contributed by atoms with Gasteiger partial charge in [0.1, 0.15) is 5.82 Å². The van der Waals surface area contributed by atoms with Crippen LogP contribution in [-0.2, 0) is 13.0 Å². The number of aromatic nitrogens is 1. The Morgan fingerprint density at radius 2 is 1.88 bits per heavy atom. The fraction of sp³-hybridized carbons (Fsp3) is 0.565. The van der Waals surface area contributed by atoms with E-state index in [1.807, 2.05) is 19.2 Å². The molecule has 0 radical (unpaired) electrons. The van der Waals surface area contributed by atoms with Crippen molar-refractivity contribution in [1.82, 2.24) is 20.5 Å². The first kappa shape index (κ1) is 25.2. The lowest BCUT2D eigenvalue weighted by molar-refractivity contribution is 0.198. The van der Waals surface area contributed by atoms with Gasteiger partial charge in [-0.3, -0.25) is 9.89 Å². The molecule has 0 saturated carbocycles. The summed E-state index contributed by atoms with van der Waals surface area (Å²) in [6.45, 7) is 6.06. The summed E-state index contributed by atoms with van der Waals surface area (Å²) >= 11 is 1.76. The summed E-state index contributed by atoms with van der Waals surface area (Å²) in [4.78, 5) is 14.0. The smallest absolute Gasteiger partial charge is 0.191 e. The fourth-order valence-electron chi connectivity index (χ4n) is 4.25. The maximum Gasteiger partial charge on any atom is 0.191 e. The second kappa shape index (κ2) is 12.7. The van der Waals surface area contributed by atoms with Crippen molar-refractivity contribution in [2.24, 2.45) is 4.99 Å². The molecule has 9 heteroatoms. The van der Waals surface area contributed by atoms with Gasteiger partial charge in [-0.05, 0) is 43.4 Å². The molecule has 3 heterocycles. The van der Waals surface area contributed by atoms with Gasteiger partial charge < -0.3 is 15.5 Å². The average molecular weight is 573 g/mol. The number of nitrogens with one attached hydrogen (secondary N) is 2. The van der Waals surface area contributed by atoms with E-state index >= 15 is 0 Å². The Morgan fingerprint density at radius 3 is 2.56 bits per heavy atom. The predicted molar refractivity (Wildman–Crippen MR) is 142 cm³/mol. The number of aliphatic imine (C=N–C) groups is 1. The molecule has 176 valence electrons. The standard InChI is InChI=1S/C23H33FN6S.HI/c1-25-22(26-11-8-21-17-31-23(28-21)30-12-2-3-13-30)27-20-9-14-29(15-10-20)16-18-4-6-19(24)7-5-18;/h4-7,17,20H,2-3,8-16H2,1H3,(H2,25,26,27);1H. The van der Waals surface area contributed by atoms with E-state index in [0.29, 0.717) is 6.04 Å². The number of piperidine rings is 1. The molecular weight excluding hydrogens is 538 g/mol. The summed E-state index contributed by atoms with van der Waals surface area (Å²) in [5.41, 5.74) is 2.32. The number of guanidine groups is 1. The Kier molecular flexibility index (Phi) is 9.98. The van der Waals surface area contributed by atoms with Gasteiger partial charge in [-0.15, -0.1) is 35.3 Å². The minimum absolute atomic E-state index is 0. The van der Waals surface area contributed by atoms with Crippen LogP contribution in [0.5, 0.6) is 0 Å². The van der Waals surface area contributed by atoms with Gasteiger partial charge >= 0.3 is 0 Å². The van der Waals surface area contributed by atoms with Gasteiger partial charge in [-0.2, -0.15) is 0 Å². The van der Waals surface area contributed by atoms with Crippen molar-refractivity contribution in [3.8, 4) is 0 Å². The maximum absolute atomic E-state index is 13.1. The molecule has 1 aromatic carbocycles. The zero-order chi connectivity index (χ0) is 21.5. The average Bonchev–Trinajstić information content (AvgIpc) is 3.48. The van der Waals surface area contributed by atoms with Crippen LogP contribution in [-0.4, -0.2) is 61.7 Å². The number of rotatable bonds is 7. The van der Waals surface area contributed by atoms with Gasteiger partial charge in [0.15, 0.2) is 11.1 Å². The second-order valence-corrected chi connectivity index (χ2v) is 9.22. The first-order valence-electron chi connectivity index (χ1n) is 11.3. The van der Waals surface area contributed by atoms with E-state index in [1.54, 1.807) is 11.3 Å². The van der Waals surface area contributed by atoms with Crippen LogP contribution in [0, 0.1) is 5.82 Å². The van der Waals surface area contributed by atoms with Gasteiger partial charge in [0, 0.05) is 64.2 Å². The molecule has 0 atom stereocenters. The maximum atomic E-state index is 13.1. The van der Waals surface area contributed by atoms with E-state index in [-0.39, 0.29) is 29.8 Å². The Bertz CT molecular complexity index is 844. The molecule has 0 aliphatic carbocycles. The topological polar surface area (TPSA) is 55.8 Å². The molecule has 2 N–H and O–H groups in total. The van der Waals surface area contributed by atoms with Gasteiger partial charge in [0.05, 0.1) is 5.69 Å².